The molecule has 1 saturated heterocycles. The number of likely N-dealkylation sites (tertiary alicyclic amines) is 1. The highest BCUT2D eigenvalue weighted by atomic mass is 35.5. The Morgan fingerprint density at radius 2 is 1.73 bits per heavy atom. The fraction of sp³-hybridized carbons (Fsp3) is 0.355. The number of benzene rings is 3. The number of hydrogen-bond donors (Lipinski definition) is 2. The lowest BCUT2D eigenvalue weighted by Crippen LogP contribution is -2.22. The van der Waals surface area contributed by atoms with Gasteiger partial charge in [-0.2, -0.15) is 0 Å². The molecule has 3 aromatic rings. The smallest absolute Gasteiger partial charge is 0.149 e. The summed E-state index contributed by atoms with van der Waals surface area (Å²) in [5.74, 6) is 0.264. The molecule has 4 N–H and O–H groups in total. The van der Waals surface area contributed by atoms with Gasteiger partial charge in [0.15, 0.2) is 0 Å². The average molecular weight is 522 g/mol. The second-order valence-corrected chi connectivity index (χ2v) is 10.8. The number of nitrogens with two attached hydrogens (primary N) is 2. The summed E-state index contributed by atoms with van der Waals surface area (Å²) in [6.45, 7) is 2.67. The van der Waals surface area contributed by atoms with Crippen LogP contribution >= 0.6 is 11.6 Å². The molecule has 37 heavy (non-hydrogen) atoms. The molecule has 0 bridgehead atoms. The standard InChI is InChI=1S/C31H34ClF2N3/c32-23-9-10-24(29(36)18-23)25-3-1-4-27-26(11-12-28(35)31(27)34)30(25)22-7-5-20(6-8-22)17-21-13-16-37(19-21)15-2-14-33/h5-12,18,21H,1-4,13-17,19,35-36H2. The van der Waals surface area contributed by atoms with Crippen LogP contribution < -0.4 is 11.5 Å². The maximum Gasteiger partial charge on any atom is 0.149 e. The zero-order valence-electron chi connectivity index (χ0n) is 21.1. The summed E-state index contributed by atoms with van der Waals surface area (Å²) in [6.07, 6.45) is 4.95. The van der Waals surface area contributed by atoms with E-state index in [1.807, 2.05) is 18.2 Å². The summed E-state index contributed by atoms with van der Waals surface area (Å²) < 4.78 is 27.7. The van der Waals surface area contributed by atoms with Crippen LogP contribution in [0.5, 0.6) is 0 Å². The predicted molar refractivity (Wildman–Crippen MR) is 151 cm³/mol. The van der Waals surface area contributed by atoms with Crippen molar-refractivity contribution in [2.24, 2.45) is 5.92 Å². The zero-order valence-corrected chi connectivity index (χ0v) is 21.8. The van der Waals surface area contributed by atoms with Gasteiger partial charge in [-0.3, -0.25) is 4.39 Å². The molecule has 1 atom stereocenters. The molecule has 1 fully saturated rings. The van der Waals surface area contributed by atoms with Gasteiger partial charge in [-0.25, -0.2) is 4.39 Å². The van der Waals surface area contributed by atoms with Crippen LogP contribution in [0.15, 0.2) is 54.6 Å². The van der Waals surface area contributed by atoms with Crippen molar-refractivity contribution >= 4 is 34.1 Å². The fourth-order valence-electron chi connectivity index (χ4n) is 5.96. The molecule has 0 spiro atoms. The van der Waals surface area contributed by atoms with Crippen molar-refractivity contribution in [2.45, 2.75) is 38.5 Å². The van der Waals surface area contributed by atoms with Crippen molar-refractivity contribution in [1.29, 1.82) is 0 Å². The van der Waals surface area contributed by atoms with E-state index < -0.39 is 0 Å². The minimum atomic E-state index is -0.324. The van der Waals surface area contributed by atoms with E-state index in [4.69, 9.17) is 23.1 Å². The number of anilines is 2. The summed E-state index contributed by atoms with van der Waals surface area (Å²) in [7, 11) is 0. The van der Waals surface area contributed by atoms with Gasteiger partial charge in [0.1, 0.15) is 5.82 Å². The summed E-state index contributed by atoms with van der Waals surface area (Å²) in [5, 5.41) is 0.593. The average Bonchev–Trinajstić information content (AvgIpc) is 3.24. The fourth-order valence-corrected chi connectivity index (χ4v) is 6.14. The largest absolute Gasteiger partial charge is 0.398 e. The van der Waals surface area contributed by atoms with Crippen LogP contribution in [0.1, 0.15) is 53.5 Å². The summed E-state index contributed by atoms with van der Waals surface area (Å²) in [6, 6.07) is 17.9. The second kappa shape index (κ2) is 11.2. The third-order valence-electron chi connectivity index (χ3n) is 7.78. The lowest BCUT2D eigenvalue weighted by Gasteiger charge is -2.19. The van der Waals surface area contributed by atoms with Crippen LogP contribution in [0.25, 0.3) is 11.1 Å². The van der Waals surface area contributed by atoms with E-state index in [0.29, 0.717) is 35.0 Å². The number of halogens is 3. The van der Waals surface area contributed by atoms with Gasteiger partial charge in [-0.05, 0) is 103 Å². The molecule has 0 aromatic heterocycles. The maximum absolute atomic E-state index is 15.2. The Morgan fingerprint density at radius 1 is 0.946 bits per heavy atom. The van der Waals surface area contributed by atoms with E-state index >= 15 is 4.39 Å². The highest BCUT2D eigenvalue weighted by Crippen LogP contribution is 2.43. The third-order valence-corrected chi connectivity index (χ3v) is 8.02. The van der Waals surface area contributed by atoms with Crippen LogP contribution in [0.4, 0.5) is 20.2 Å². The maximum atomic E-state index is 15.2. The van der Waals surface area contributed by atoms with Crippen molar-refractivity contribution in [3.8, 4) is 0 Å². The number of fused-ring (bicyclic) bond motifs is 1. The van der Waals surface area contributed by atoms with E-state index in [2.05, 4.69) is 29.2 Å². The molecule has 1 heterocycles. The first-order valence-corrected chi connectivity index (χ1v) is 13.6. The van der Waals surface area contributed by atoms with Crippen molar-refractivity contribution in [2.75, 3.05) is 37.8 Å². The molecule has 6 heteroatoms. The number of allylic oxidation sites excluding steroid dienone is 1. The molecule has 0 radical (unpaired) electrons. The van der Waals surface area contributed by atoms with Gasteiger partial charge in [-0.15, -0.1) is 0 Å². The lowest BCUT2D eigenvalue weighted by molar-refractivity contribution is 0.301. The SMILES string of the molecule is Nc1cc(Cl)ccc1C1=C(c2ccc(CC3CCN(CCCF)C3)cc2)c2ccc(N)c(F)c2CCC1. The van der Waals surface area contributed by atoms with E-state index in [9.17, 15) is 4.39 Å². The molecule has 194 valence electrons. The Balaban J connectivity index is 1.51. The predicted octanol–water partition coefficient (Wildman–Crippen LogP) is 7.16. The first kappa shape index (κ1) is 25.7. The number of nitrogens with zero attached hydrogens (tertiary/aromatic N) is 1. The van der Waals surface area contributed by atoms with Crippen LogP contribution in [0.2, 0.25) is 5.02 Å². The molecular weight excluding hydrogens is 488 g/mol. The molecule has 3 nitrogen and oxygen atoms in total. The molecule has 1 unspecified atom stereocenters. The van der Waals surface area contributed by atoms with E-state index in [1.54, 1.807) is 12.1 Å². The van der Waals surface area contributed by atoms with E-state index in [1.165, 1.54) is 5.56 Å². The van der Waals surface area contributed by atoms with Crippen LogP contribution in [-0.2, 0) is 12.8 Å². The molecule has 1 aliphatic carbocycles. The Morgan fingerprint density at radius 3 is 2.49 bits per heavy atom. The quantitative estimate of drug-likeness (QED) is 0.324. The minimum Gasteiger partial charge on any atom is -0.398 e. The lowest BCUT2D eigenvalue weighted by atomic mass is 9.86. The first-order valence-electron chi connectivity index (χ1n) is 13.2. The summed E-state index contributed by atoms with van der Waals surface area (Å²) in [5.41, 5.74) is 20.1. The van der Waals surface area contributed by atoms with Gasteiger partial charge in [-0.1, -0.05) is 48.0 Å². The topological polar surface area (TPSA) is 55.3 Å². The molecular formula is C31H34ClF2N3. The monoisotopic (exact) mass is 521 g/mol. The van der Waals surface area contributed by atoms with Gasteiger partial charge in [0, 0.05) is 29.4 Å². The van der Waals surface area contributed by atoms with Gasteiger partial charge in [0.2, 0.25) is 0 Å². The Hall–Kier alpha value is -2.89. The second-order valence-electron chi connectivity index (χ2n) is 10.3. The summed E-state index contributed by atoms with van der Waals surface area (Å²) >= 11 is 6.20. The van der Waals surface area contributed by atoms with E-state index in [0.717, 1.165) is 73.2 Å². The van der Waals surface area contributed by atoms with Crippen LogP contribution in [-0.4, -0.2) is 31.2 Å². The van der Waals surface area contributed by atoms with Gasteiger partial charge < -0.3 is 16.4 Å². The number of rotatable bonds is 7. The minimum absolute atomic E-state index is 0.181. The van der Waals surface area contributed by atoms with Gasteiger partial charge in [0.25, 0.3) is 0 Å². The summed E-state index contributed by atoms with van der Waals surface area (Å²) in [4.78, 5) is 2.37. The Labute approximate surface area is 223 Å². The molecule has 1 aliphatic heterocycles. The van der Waals surface area contributed by atoms with Crippen molar-refractivity contribution in [3.63, 3.8) is 0 Å². The normalized spacial score (nSPS) is 18.2. The number of alkyl halides is 1. The molecule has 0 amide bonds. The van der Waals surface area contributed by atoms with Crippen LogP contribution in [0.3, 0.4) is 0 Å². The highest BCUT2D eigenvalue weighted by molar-refractivity contribution is 6.31. The van der Waals surface area contributed by atoms with Crippen molar-refractivity contribution in [1.82, 2.24) is 4.90 Å². The number of nitrogen functional groups attached to an aromatic ring is 2. The van der Waals surface area contributed by atoms with Gasteiger partial charge >= 0.3 is 0 Å². The molecule has 0 saturated carbocycles. The van der Waals surface area contributed by atoms with E-state index in [-0.39, 0.29) is 18.2 Å². The molecule has 5 rings (SSSR count). The molecule has 2 aliphatic rings. The zero-order chi connectivity index (χ0) is 25.9. The van der Waals surface area contributed by atoms with Gasteiger partial charge in [0.05, 0.1) is 12.4 Å². The van der Waals surface area contributed by atoms with Crippen molar-refractivity contribution < 1.29 is 8.78 Å². The Kier molecular flexibility index (Phi) is 7.82. The molecule has 3 aromatic carbocycles. The Bertz CT molecular complexity index is 1300. The van der Waals surface area contributed by atoms with Crippen LogP contribution in [0, 0.1) is 11.7 Å². The number of hydrogen-bond acceptors (Lipinski definition) is 3. The van der Waals surface area contributed by atoms with Crippen molar-refractivity contribution in [3.05, 3.63) is 93.3 Å². The highest BCUT2D eigenvalue weighted by Gasteiger charge is 2.25. The first-order chi connectivity index (χ1) is 17.9. The third kappa shape index (κ3) is 5.53.